The fourth-order valence-corrected chi connectivity index (χ4v) is 2.27. The van der Waals surface area contributed by atoms with Crippen LogP contribution in [0.15, 0.2) is 30.3 Å². The van der Waals surface area contributed by atoms with E-state index >= 15 is 0 Å². The third-order valence-corrected chi connectivity index (χ3v) is 3.29. The summed E-state index contributed by atoms with van der Waals surface area (Å²) in [5, 5.41) is 3.06. The average molecular weight is 284 g/mol. The molecule has 1 unspecified atom stereocenters. The van der Waals surface area contributed by atoms with Crippen LogP contribution in [-0.2, 0) is 6.42 Å². The van der Waals surface area contributed by atoms with Gasteiger partial charge < -0.3 is 5.32 Å². The summed E-state index contributed by atoms with van der Waals surface area (Å²) in [6, 6.07) is 10.5. The minimum Gasteiger partial charge on any atom is -0.323 e. The minimum atomic E-state index is 0.309. The first-order valence-corrected chi connectivity index (χ1v) is 7.94. The normalized spacial score (nSPS) is 11.6. The minimum absolute atomic E-state index is 0.309. The second kappa shape index (κ2) is 13.9. The molecule has 0 aromatic heterocycles. The molecule has 0 aliphatic heterocycles. The number of rotatable bonds is 8. The summed E-state index contributed by atoms with van der Waals surface area (Å²) >= 11 is 6.33. The number of alkyl halides is 1. The molecule has 19 heavy (non-hydrogen) atoms. The standard InChI is InChI=1S/C15H23Cl.C2H7N/c1-2-3-4-5-9-12-15(16)13-14-10-7-6-8-11-14;1-3-2/h6-8,10-11,15H,2-5,9,12-13H2,1H3;3H,1-2H3. The highest BCUT2D eigenvalue weighted by Crippen LogP contribution is 2.15. The van der Waals surface area contributed by atoms with E-state index in [1.165, 1.54) is 37.7 Å². The van der Waals surface area contributed by atoms with Gasteiger partial charge >= 0.3 is 0 Å². The summed E-state index contributed by atoms with van der Waals surface area (Å²) in [5.74, 6) is 0. The Morgan fingerprint density at radius 1 is 1.00 bits per heavy atom. The molecule has 0 saturated heterocycles. The van der Waals surface area contributed by atoms with Crippen molar-refractivity contribution < 1.29 is 0 Å². The van der Waals surface area contributed by atoms with Gasteiger partial charge in [-0.3, -0.25) is 0 Å². The molecule has 0 fully saturated rings. The first-order chi connectivity index (χ1) is 9.24. The summed E-state index contributed by atoms with van der Waals surface area (Å²) in [4.78, 5) is 0. The van der Waals surface area contributed by atoms with Crippen molar-refractivity contribution >= 4 is 11.6 Å². The molecule has 1 nitrogen and oxygen atoms in total. The molecule has 2 heteroatoms. The first-order valence-electron chi connectivity index (χ1n) is 7.51. The van der Waals surface area contributed by atoms with E-state index in [-0.39, 0.29) is 0 Å². The van der Waals surface area contributed by atoms with Crippen molar-refractivity contribution in [1.82, 2.24) is 5.32 Å². The van der Waals surface area contributed by atoms with Crippen molar-refractivity contribution in [3.05, 3.63) is 35.9 Å². The van der Waals surface area contributed by atoms with Crippen LogP contribution in [0.25, 0.3) is 0 Å². The van der Waals surface area contributed by atoms with Crippen molar-refractivity contribution in [1.29, 1.82) is 0 Å². The van der Waals surface area contributed by atoms with Gasteiger partial charge in [-0.25, -0.2) is 0 Å². The topological polar surface area (TPSA) is 12.0 Å². The van der Waals surface area contributed by atoms with Crippen LogP contribution in [0.3, 0.4) is 0 Å². The van der Waals surface area contributed by atoms with E-state index in [4.69, 9.17) is 11.6 Å². The van der Waals surface area contributed by atoms with Crippen LogP contribution in [-0.4, -0.2) is 19.5 Å². The Morgan fingerprint density at radius 2 is 1.58 bits per heavy atom. The van der Waals surface area contributed by atoms with Crippen LogP contribution in [0, 0.1) is 0 Å². The van der Waals surface area contributed by atoms with Gasteiger partial charge in [-0.1, -0.05) is 69.4 Å². The van der Waals surface area contributed by atoms with Gasteiger partial charge in [0.05, 0.1) is 0 Å². The van der Waals surface area contributed by atoms with E-state index in [0.717, 1.165) is 12.8 Å². The Balaban J connectivity index is 0.000000982. The van der Waals surface area contributed by atoms with E-state index in [1.54, 1.807) is 0 Å². The molecule has 110 valence electrons. The van der Waals surface area contributed by atoms with Crippen LogP contribution in [0.5, 0.6) is 0 Å². The van der Waals surface area contributed by atoms with Gasteiger partial charge in [-0.15, -0.1) is 11.6 Å². The van der Waals surface area contributed by atoms with E-state index < -0.39 is 0 Å². The summed E-state index contributed by atoms with van der Waals surface area (Å²) < 4.78 is 0. The number of halogens is 1. The molecule has 0 aliphatic rings. The van der Waals surface area contributed by atoms with Gasteiger partial charge in [0.15, 0.2) is 0 Å². The molecule has 0 aliphatic carbocycles. The Morgan fingerprint density at radius 3 is 2.16 bits per heavy atom. The SMILES string of the molecule is CCCCCCCC(Cl)Cc1ccccc1.CNC. The van der Waals surface area contributed by atoms with Crippen LogP contribution >= 0.6 is 11.6 Å². The summed E-state index contributed by atoms with van der Waals surface area (Å²) in [7, 11) is 3.75. The lowest BCUT2D eigenvalue weighted by Gasteiger charge is -2.09. The molecule has 0 amide bonds. The Labute approximate surface area is 124 Å². The number of hydrogen-bond donors (Lipinski definition) is 1. The van der Waals surface area contributed by atoms with E-state index in [1.807, 2.05) is 14.1 Å². The van der Waals surface area contributed by atoms with Crippen LogP contribution < -0.4 is 5.32 Å². The largest absolute Gasteiger partial charge is 0.323 e. The lowest BCUT2D eigenvalue weighted by atomic mass is 10.0. The summed E-state index contributed by atoms with van der Waals surface area (Å²) in [6.07, 6.45) is 8.83. The second-order valence-electron chi connectivity index (χ2n) is 4.99. The predicted molar refractivity (Wildman–Crippen MR) is 88.1 cm³/mol. The van der Waals surface area contributed by atoms with Crippen molar-refractivity contribution in [3.63, 3.8) is 0 Å². The highest BCUT2D eigenvalue weighted by molar-refractivity contribution is 6.20. The smallest absolute Gasteiger partial charge is 0.0376 e. The summed E-state index contributed by atoms with van der Waals surface area (Å²) in [6.45, 7) is 2.25. The number of unbranched alkanes of at least 4 members (excludes halogenated alkanes) is 4. The van der Waals surface area contributed by atoms with Gasteiger partial charge in [-0.05, 0) is 32.5 Å². The Bertz CT molecular complexity index is 274. The average Bonchev–Trinajstić information content (AvgIpc) is 2.40. The molecule has 0 saturated carbocycles. The van der Waals surface area contributed by atoms with Gasteiger partial charge in [0.1, 0.15) is 0 Å². The quantitative estimate of drug-likeness (QED) is 0.521. The number of hydrogen-bond acceptors (Lipinski definition) is 1. The lowest BCUT2D eigenvalue weighted by molar-refractivity contribution is 0.593. The summed E-state index contributed by atoms with van der Waals surface area (Å²) in [5.41, 5.74) is 1.36. The predicted octanol–water partition coefficient (Wildman–Crippen LogP) is 5.03. The second-order valence-corrected chi connectivity index (χ2v) is 5.61. The molecular formula is C17H30ClN. The van der Waals surface area contributed by atoms with Crippen molar-refractivity contribution in [2.24, 2.45) is 0 Å². The fourth-order valence-electron chi connectivity index (χ4n) is 1.94. The zero-order valence-corrected chi connectivity index (χ0v) is 13.5. The van der Waals surface area contributed by atoms with Gasteiger partial charge in [0, 0.05) is 5.38 Å². The maximum absolute atomic E-state index is 6.33. The third kappa shape index (κ3) is 12.3. The molecule has 0 heterocycles. The first kappa shape index (κ1) is 18.5. The Hall–Kier alpha value is -0.530. The monoisotopic (exact) mass is 283 g/mol. The van der Waals surface area contributed by atoms with Gasteiger partial charge in [-0.2, -0.15) is 0 Å². The molecule has 1 aromatic rings. The van der Waals surface area contributed by atoms with Crippen molar-refractivity contribution in [3.8, 4) is 0 Å². The zero-order chi connectivity index (χ0) is 14.3. The number of nitrogens with one attached hydrogen (secondary N) is 1. The van der Waals surface area contributed by atoms with E-state index in [9.17, 15) is 0 Å². The lowest BCUT2D eigenvalue weighted by Crippen LogP contribution is -2.03. The number of benzene rings is 1. The molecular weight excluding hydrogens is 254 g/mol. The maximum atomic E-state index is 6.33. The van der Waals surface area contributed by atoms with E-state index in [2.05, 4.69) is 42.6 Å². The fraction of sp³-hybridized carbons (Fsp3) is 0.647. The molecule has 0 radical (unpaired) electrons. The van der Waals surface area contributed by atoms with Crippen LogP contribution in [0.4, 0.5) is 0 Å². The van der Waals surface area contributed by atoms with Crippen molar-refractivity contribution in [2.75, 3.05) is 14.1 Å². The highest BCUT2D eigenvalue weighted by Gasteiger charge is 2.05. The Kier molecular flexibility index (Phi) is 13.5. The molecule has 0 spiro atoms. The molecule has 1 rings (SSSR count). The van der Waals surface area contributed by atoms with E-state index in [0.29, 0.717) is 5.38 Å². The van der Waals surface area contributed by atoms with Crippen LogP contribution in [0.2, 0.25) is 0 Å². The third-order valence-electron chi connectivity index (χ3n) is 2.92. The molecule has 1 N–H and O–H groups in total. The highest BCUT2D eigenvalue weighted by atomic mass is 35.5. The maximum Gasteiger partial charge on any atom is 0.0376 e. The zero-order valence-electron chi connectivity index (χ0n) is 12.8. The molecule has 0 bridgehead atoms. The van der Waals surface area contributed by atoms with Crippen molar-refractivity contribution in [2.45, 2.75) is 57.2 Å². The molecule has 1 atom stereocenters. The van der Waals surface area contributed by atoms with Gasteiger partial charge in [0.2, 0.25) is 0 Å². The molecule has 1 aromatic carbocycles. The van der Waals surface area contributed by atoms with Crippen LogP contribution in [0.1, 0.15) is 51.0 Å². The van der Waals surface area contributed by atoms with Gasteiger partial charge in [0.25, 0.3) is 0 Å².